The molecule has 0 aliphatic carbocycles. The van der Waals surface area contributed by atoms with Gasteiger partial charge >= 0.3 is 0 Å². The topological polar surface area (TPSA) is 533 Å². The van der Waals surface area contributed by atoms with Crippen molar-refractivity contribution in [1.29, 1.82) is 0 Å². The van der Waals surface area contributed by atoms with Gasteiger partial charge in [0.05, 0.1) is 45.2 Å². The van der Waals surface area contributed by atoms with Crippen LogP contribution in [-0.2, 0) is 66.4 Å². The van der Waals surface area contributed by atoms with Crippen LogP contribution in [0.4, 0.5) is 0 Å². The lowest BCUT2D eigenvalue weighted by molar-refractivity contribution is -0.405. The lowest BCUT2D eigenvalue weighted by Gasteiger charge is -2.52. The van der Waals surface area contributed by atoms with E-state index in [1.807, 2.05) is 0 Å². The highest BCUT2D eigenvalue weighted by Gasteiger charge is 2.60. The van der Waals surface area contributed by atoms with E-state index in [-0.39, 0.29) is 0 Å². The molecule has 466 valence electrons. The second kappa shape index (κ2) is 28.4. The van der Waals surface area contributed by atoms with Crippen molar-refractivity contribution in [3.63, 3.8) is 0 Å². The number of carbonyl (C=O) groups is 1. The predicted molar refractivity (Wildman–Crippen MR) is 252 cm³/mol. The van der Waals surface area contributed by atoms with Gasteiger partial charge in [0, 0.05) is 6.92 Å². The Labute approximate surface area is 459 Å². The number of ether oxygens (including phenoxy) is 13. The number of hydrogen-bond acceptors (Lipinski definition) is 34. The highest BCUT2D eigenvalue weighted by molar-refractivity contribution is 7.99. The fraction of sp³-hybridized carbons (Fsp3) is 0.978. The molecule has 7 aliphatic rings. The molecule has 7 saturated heterocycles. The summed E-state index contributed by atoms with van der Waals surface area (Å²) in [4.78, 5) is 13.2. The van der Waals surface area contributed by atoms with E-state index in [0.717, 1.165) is 18.7 Å². The first-order valence-electron chi connectivity index (χ1n) is 25.7. The summed E-state index contributed by atoms with van der Waals surface area (Å²) in [6.45, 7) is -1.41. The molecule has 0 spiro atoms. The number of aliphatic hydroxyl groups is 19. The maximum absolute atomic E-state index is 13.2. The first kappa shape index (κ1) is 66.1. The summed E-state index contributed by atoms with van der Waals surface area (Å²) in [5, 5.41) is 209. The van der Waals surface area contributed by atoms with Crippen LogP contribution < -0.4 is 5.32 Å². The van der Waals surface area contributed by atoms with E-state index in [1.54, 1.807) is 6.26 Å². The average Bonchev–Trinajstić information content (AvgIpc) is 3.61. The maximum atomic E-state index is 13.2. The van der Waals surface area contributed by atoms with E-state index in [2.05, 4.69) is 5.32 Å². The van der Waals surface area contributed by atoms with Crippen molar-refractivity contribution < 1.29 is 163 Å². The third kappa shape index (κ3) is 13.7. The van der Waals surface area contributed by atoms with Gasteiger partial charge in [-0.3, -0.25) is 4.79 Å². The van der Waals surface area contributed by atoms with Gasteiger partial charge in [-0.1, -0.05) is 0 Å². The van der Waals surface area contributed by atoms with Gasteiger partial charge in [-0.15, -0.1) is 11.8 Å². The van der Waals surface area contributed by atoms with Gasteiger partial charge in [0.1, 0.15) is 164 Å². The van der Waals surface area contributed by atoms with Crippen molar-refractivity contribution in [1.82, 2.24) is 5.32 Å². The lowest BCUT2D eigenvalue weighted by Crippen LogP contribution is -2.71. The summed E-state index contributed by atoms with van der Waals surface area (Å²) < 4.78 is 77.0. The number of thioether (sulfide) groups is 1. The molecule has 34 nitrogen and oxygen atoms in total. The molecule has 7 heterocycles. The van der Waals surface area contributed by atoms with Crippen molar-refractivity contribution in [2.24, 2.45) is 0 Å². The molecule has 1 amide bonds. The Balaban J connectivity index is 1.24. The summed E-state index contributed by atoms with van der Waals surface area (Å²) in [5.74, 6) is -0.910. The van der Waals surface area contributed by atoms with Gasteiger partial charge in [0.15, 0.2) is 37.7 Å². The molecular formula is C45H77NO33S. The van der Waals surface area contributed by atoms with Crippen LogP contribution in [0.2, 0.25) is 0 Å². The molecule has 7 aliphatic heterocycles. The SMILES string of the molecule is CS[C@@H]1OC(CO)[C@@H](O[C@@H]2OC(CO)[C@H](O)C(O[C@@H]3OC(CO)[C@@H](O[C@@H]4OC(CO)[C@@H](O[C@@H]5OC(C)[C@@H](O)C(O)C5O)C(O[C@@H]5OC(CO)[C@H](O)C(O)C5O)C4NC(C)=O)C(O[C@@H]4OC(C)[C@@H](O)C(O)C4O)C3O)C2O)C(O)C1O. The van der Waals surface area contributed by atoms with E-state index in [9.17, 15) is 102 Å². The molecule has 0 saturated carbocycles. The van der Waals surface area contributed by atoms with E-state index >= 15 is 0 Å². The van der Waals surface area contributed by atoms with Gasteiger partial charge in [-0.05, 0) is 20.1 Å². The molecule has 80 heavy (non-hydrogen) atoms. The van der Waals surface area contributed by atoms with Gasteiger partial charge in [0.2, 0.25) is 5.91 Å². The second-order valence-corrected chi connectivity index (χ2v) is 21.4. The van der Waals surface area contributed by atoms with Crippen molar-refractivity contribution in [3.05, 3.63) is 0 Å². The Morgan fingerprint density at radius 2 is 0.713 bits per heavy atom. The number of amides is 1. The van der Waals surface area contributed by atoms with Crippen molar-refractivity contribution in [2.75, 3.05) is 39.3 Å². The molecule has 7 fully saturated rings. The van der Waals surface area contributed by atoms with Crippen LogP contribution in [-0.4, -0.2) is 356 Å². The molecule has 0 radical (unpaired) electrons. The Hall–Kier alpha value is -1.46. The molecule has 35 atom stereocenters. The lowest BCUT2D eigenvalue weighted by atomic mass is 9.93. The molecule has 35 heteroatoms. The van der Waals surface area contributed by atoms with E-state index in [4.69, 9.17) is 61.6 Å². The van der Waals surface area contributed by atoms with Crippen LogP contribution in [0.5, 0.6) is 0 Å². The largest absolute Gasteiger partial charge is 0.394 e. The van der Waals surface area contributed by atoms with Crippen LogP contribution in [0.3, 0.4) is 0 Å². The normalized spacial score (nSPS) is 52.4. The number of rotatable bonds is 19. The first-order chi connectivity index (χ1) is 37.8. The molecule has 0 aromatic carbocycles. The monoisotopic (exact) mass is 1190 g/mol. The summed E-state index contributed by atoms with van der Waals surface area (Å²) >= 11 is 1.000. The van der Waals surface area contributed by atoms with Crippen LogP contribution >= 0.6 is 11.8 Å². The third-order valence-corrected chi connectivity index (χ3v) is 15.9. The van der Waals surface area contributed by atoms with Gasteiger partial charge in [-0.2, -0.15) is 0 Å². The van der Waals surface area contributed by atoms with Crippen LogP contribution in [0.15, 0.2) is 0 Å². The van der Waals surface area contributed by atoms with E-state index in [0.29, 0.717) is 0 Å². The molecule has 7 rings (SSSR count). The number of nitrogens with one attached hydrogen (secondary N) is 1. The summed E-state index contributed by atoms with van der Waals surface area (Å²) in [6, 6.07) is -1.88. The van der Waals surface area contributed by atoms with Crippen molar-refractivity contribution in [3.8, 4) is 0 Å². The quantitative estimate of drug-likeness (QED) is 0.0571. The zero-order chi connectivity index (χ0) is 58.9. The molecule has 0 bridgehead atoms. The highest BCUT2D eigenvalue weighted by atomic mass is 32.2. The van der Waals surface area contributed by atoms with Gasteiger partial charge in [0.25, 0.3) is 0 Å². The minimum Gasteiger partial charge on any atom is -0.394 e. The van der Waals surface area contributed by atoms with Crippen LogP contribution in [0.25, 0.3) is 0 Å². The first-order valence-corrected chi connectivity index (χ1v) is 27.0. The molecule has 0 aromatic heterocycles. The minimum atomic E-state index is -2.35. The van der Waals surface area contributed by atoms with Crippen molar-refractivity contribution >= 4 is 17.7 Å². The highest BCUT2D eigenvalue weighted by Crippen LogP contribution is 2.40. The van der Waals surface area contributed by atoms with E-state index < -0.39 is 253 Å². The fourth-order valence-electron chi connectivity index (χ4n) is 10.5. The number of aliphatic hydroxyl groups excluding tert-OH is 19. The minimum absolute atomic E-state index is 0.780. The fourth-order valence-corrected chi connectivity index (χ4v) is 11.2. The summed E-state index contributed by atoms with van der Waals surface area (Å²) in [7, 11) is 0. The summed E-state index contributed by atoms with van der Waals surface area (Å²) in [5.41, 5.74) is -1.03. The summed E-state index contributed by atoms with van der Waals surface area (Å²) in [6.07, 6.45) is -60.7. The second-order valence-electron chi connectivity index (χ2n) is 20.5. The molecule has 0 aromatic rings. The Kier molecular flexibility index (Phi) is 23.4. The predicted octanol–water partition coefficient (Wildman–Crippen LogP) is -12.7. The Morgan fingerprint density at radius 1 is 0.362 bits per heavy atom. The molecule has 20 N–H and O–H groups in total. The average molecular weight is 1190 g/mol. The Morgan fingerprint density at radius 3 is 1.20 bits per heavy atom. The van der Waals surface area contributed by atoms with Crippen LogP contribution in [0.1, 0.15) is 20.8 Å². The number of hydrogen-bond donors (Lipinski definition) is 20. The molecule has 21 unspecified atom stereocenters. The third-order valence-electron chi connectivity index (χ3n) is 15.1. The standard InChI is InChI=1S/C45H77NO33S/c1-10-19(53)23(57)27(61)40(67-10)76-34-16(8-50)71-39(18(46-12(3)52)36(34)77-42-29(63)25(59)21(55)13(5-47)69-42)75-35-17(9-51)72-44(32(66)38(35)79-41-28(62)24(58)20(54)11(2)68-41)78-37-22(56)14(6-48)70-43(31(37)65)74-33-15(7-49)73-45(80-4)30(64)26(33)60/h10-11,13-45,47-51,53-66H,5-9H2,1-4H3,(H,46,52)/t10?,11?,13?,14?,15?,16?,17?,18?,19-,20-,21+,22+,23?,24?,25?,26?,27?,28?,29?,30?,31?,32?,33-,34-,35-,36?,37?,38?,39+,40+,41+,42+,43+,44+,45+/m1/s1. The van der Waals surface area contributed by atoms with Gasteiger partial charge in [-0.25, -0.2) is 0 Å². The van der Waals surface area contributed by atoms with E-state index in [1.165, 1.54) is 13.8 Å². The zero-order valence-electron chi connectivity index (χ0n) is 43.4. The van der Waals surface area contributed by atoms with Gasteiger partial charge < -0.3 is 164 Å². The Bertz CT molecular complexity index is 1930. The molecular weight excluding hydrogens is 1110 g/mol. The smallest absolute Gasteiger partial charge is 0.217 e. The van der Waals surface area contributed by atoms with Crippen molar-refractivity contribution in [2.45, 2.75) is 235 Å². The zero-order valence-corrected chi connectivity index (χ0v) is 44.2. The number of carbonyl (C=O) groups excluding carboxylic acids is 1. The maximum Gasteiger partial charge on any atom is 0.217 e. The van der Waals surface area contributed by atoms with Crippen LogP contribution in [0, 0.1) is 0 Å².